The monoisotopic (exact) mass is 364 g/mol. The highest BCUT2D eigenvalue weighted by Crippen LogP contribution is 2.33. The lowest BCUT2D eigenvalue weighted by Gasteiger charge is -2.17. The number of carbonyl (C=O) groups is 1. The Kier molecular flexibility index (Phi) is 5.77. The van der Waals surface area contributed by atoms with Gasteiger partial charge >= 0.3 is 0 Å². The lowest BCUT2D eigenvalue weighted by atomic mass is 9.90. The zero-order valence-electron chi connectivity index (χ0n) is 12.9. The number of unbranched alkanes of at least 4 members (excludes halogenated alkanes) is 1. The number of methoxy groups -OCH3 is 1. The molecule has 1 aromatic carbocycles. The molecule has 118 valence electrons. The number of aryl methyl sites for hydroxylation is 1. The van der Waals surface area contributed by atoms with Crippen molar-refractivity contribution in [2.45, 2.75) is 32.1 Å². The van der Waals surface area contributed by atoms with Crippen LogP contribution in [0.15, 0.2) is 24.4 Å². The summed E-state index contributed by atoms with van der Waals surface area (Å²) in [5.74, 6) is 0.0729. The molecule has 0 saturated carbocycles. The number of hydrogen-bond donors (Lipinski definition) is 1. The molecule has 2 aromatic rings. The van der Waals surface area contributed by atoms with E-state index in [0.717, 1.165) is 52.4 Å². The largest absolute Gasteiger partial charge is 0.497 e. The Morgan fingerprint density at radius 2 is 2.18 bits per heavy atom. The average molecular weight is 365 g/mol. The van der Waals surface area contributed by atoms with Gasteiger partial charge in [0.25, 0.3) is 0 Å². The molecule has 22 heavy (non-hydrogen) atoms. The number of fused-ring (bicyclic) bond motifs is 1. The third kappa shape index (κ3) is 3.58. The van der Waals surface area contributed by atoms with Gasteiger partial charge in [0.15, 0.2) is 0 Å². The molecule has 1 atom stereocenters. The highest BCUT2D eigenvalue weighted by atomic mass is 79.9. The maximum atomic E-state index is 12.0. The maximum Gasteiger partial charge on any atom is 0.225 e. The van der Waals surface area contributed by atoms with Crippen LogP contribution in [0.4, 0.5) is 0 Å². The Balaban J connectivity index is 2.55. The summed E-state index contributed by atoms with van der Waals surface area (Å²) in [6.07, 6.45) is 4.44. The molecule has 0 aliphatic carbocycles. The molecule has 0 radical (unpaired) electrons. The Labute approximate surface area is 139 Å². The zero-order valence-corrected chi connectivity index (χ0v) is 14.5. The van der Waals surface area contributed by atoms with Gasteiger partial charge in [-0.25, -0.2) is 0 Å². The van der Waals surface area contributed by atoms with Crippen LogP contribution in [0, 0.1) is 6.92 Å². The minimum Gasteiger partial charge on any atom is -0.497 e. The molecule has 5 heteroatoms. The molecule has 1 unspecified atom stereocenters. The summed E-state index contributed by atoms with van der Waals surface area (Å²) in [5, 5.41) is 1.93. The first-order valence-corrected chi connectivity index (χ1v) is 8.49. The summed E-state index contributed by atoms with van der Waals surface area (Å²) in [5.41, 5.74) is 8.46. The van der Waals surface area contributed by atoms with Crippen molar-refractivity contribution >= 4 is 32.7 Å². The van der Waals surface area contributed by atoms with Crippen LogP contribution >= 0.6 is 15.9 Å². The Hall–Kier alpha value is -1.62. The fourth-order valence-electron chi connectivity index (χ4n) is 2.66. The molecule has 2 N–H and O–H groups in total. The molecule has 0 aliphatic rings. The first kappa shape index (κ1) is 16.7. The fourth-order valence-corrected chi connectivity index (χ4v) is 3.06. The predicted molar refractivity (Wildman–Crippen MR) is 92.6 cm³/mol. The van der Waals surface area contributed by atoms with E-state index in [2.05, 4.69) is 20.9 Å². The molecule has 0 saturated heterocycles. The SMILES string of the molecule is COc1cc(C(CCCCBr)C(N)=O)c2nccc(C)c2c1. The first-order chi connectivity index (χ1) is 10.6. The number of ether oxygens (including phenoxy) is 1. The highest BCUT2D eigenvalue weighted by molar-refractivity contribution is 9.09. The molecule has 1 amide bonds. The summed E-state index contributed by atoms with van der Waals surface area (Å²) < 4.78 is 5.39. The summed E-state index contributed by atoms with van der Waals surface area (Å²) >= 11 is 3.42. The van der Waals surface area contributed by atoms with Gasteiger partial charge in [-0.05, 0) is 49.1 Å². The number of nitrogens with two attached hydrogens (primary N) is 1. The maximum absolute atomic E-state index is 12.0. The summed E-state index contributed by atoms with van der Waals surface area (Å²) in [7, 11) is 1.63. The topological polar surface area (TPSA) is 65.2 Å². The van der Waals surface area contributed by atoms with Crippen LogP contribution in [0.1, 0.15) is 36.3 Å². The number of nitrogens with zero attached hydrogens (tertiary/aromatic N) is 1. The first-order valence-electron chi connectivity index (χ1n) is 7.37. The molecular formula is C17H21BrN2O2. The normalized spacial score (nSPS) is 12.3. The Morgan fingerprint density at radius 1 is 1.41 bits per heavy atom. The van der Waals surface area contributed by atoms with Gasteiger partial charge in [0.1, 0.15) is 5.75 Å². The molecule has 1 heterocycles. The van der Waals surface area contributed by atoms with E-state index in [0.29, 0.717) is 0 Å². The third-order valence-corrected chi connectivity index (χ3v) is 4.46. The molecule has 0 aliphatic heterocycles. The van der Waals surface area contributed by atoms with Crippen molar-refractivity contribution in [3.63, 3.8) is 0 Å². The molecule has 2 rings (SSSR count). The zero-order chi connectivity index (χ0) is 16.1. The summed E-state index contributed by atoms with van der Waals surface area (Å²) in [6.45, 7) is 2.03. The van der Waals surface area contributed by atoms with Gasteiger partial charge in [-0.1, -0.05) is 22.4 Å². The van der Waals surface area contributed by atoms with E-state index in [9.17, 15) is 4.79 Å². The third-order valence-electron chi connectivity index (χ3n) is 3.90. The second-order valence-electron chi connectivity index (χ2n) is 5.38. The van der Waals surface area contributed by atoms with Crippen LogP contribution in [0.2, 0.25) is 0 Å². The molecule has 0 fully saturated rings. The van der Waals surface area contributed by atoms with Crippen molar-refractivity contribution < 1.29 is 9.53 Å². The number of pyridine rings is 1. The summed E-state index contributed by atoms with van der Waals surface area (Å²) in [6, 6.07) is 5.80. The van der Waals surface area contributed by atoms with Crippen molar-refractivity contribution in [1.82, 2.24) is 4.98 Å². The minimum atomic E-state index is -0.342. The Morgan fingerprint density at radius 3 is 2.82 bits per heavy atom. The van der Waals surface area contributed by atoms with Crippen LogP contribution in [0.5, 0.6) is 5.75 Å². The summed E-state index contributed by atoms with van der Waals surface area (Å²) in [4.78, 5) is 16.4. The number of hydrogen-bond acceptors (Lipinski definition) is 3. The lowest BCUT2D eigenvalue weighted by molar-refractivity contribution is -0.119. The second kappa shape index (κ2) is 7.58. The van der Waals surface area contributed by atoms with Crippen molar-refractivity contribution in [2.75, 3.05) is 12.4 Å². The molecular weight excluding hydrogens is 344 g/mol. The van der Waals surface area contributed by atoms with E-state index in [1.165, 1.54) is 0 Å². The molecule has 1 aromatic heterocycles. The average Bonchev–Trinajstić information content (AvgIpc) is 2.51. The van der Waals surface area contributed by atoms with Crippen LogP contribution in [-0.2, 0) is 4.79 Å². The van der Waals surface area contributed by atoms with Crippen LogP contribution < -0.4 is 10.5 Å². The number of primary amides is 1. The van der Waals surface area contributed by atoms with Crippen LogP contribution in [0.3, 0.4) is 0 Å². The van der Waals surface area contributed by atoms with Crippen molar-refractivity contribution in [3.05, 3.63) is 35.5 Å². The number of benzene rings is 1. The number of halogens is 1. The van der Waals surface area contributed by atoms with E-state index < -0.39 is 0 Å². The van der Waals surface area contributed by atoms with E-state index in [1.807, 2.05) is 25.1 Å². The van der Waals surface area contributed by atoms with E-state index >= 15 is 0 Å². The van der Waals surface area contributed by atoms with Gasteiger partial charge in [0.2, 0.25) is 5.91 Å². The number of aromatic nitrogens is 1. The van der Waals surface area contributed by atoms with Crippen molar-refractivity contribution in [2.24, 2.45) is 5.73 Å². The highest BCUT2D eigenvalue weighted by Gasteiger charge is 2.22. The Bertz CT molecular complexity index is 673. The lowest BCUT2D eigenvalue weighted by Crippen LogP contribution is -2.22. The van der Waals surface area contributed by atoms with E-state index in [-0.39, 0.29) is 11.8 Å². The van der Waals surface area contributed by atoms with Crippen LogP contribution in [-0.4, -0.2) is 23.3 Å². The van der Waals surface area contributed by atoms with Gasteiger partial charge in [-0.2, -0.15) is 0 Å². The number of alkyl halides is 1. The molecule has 0 spiro atoms. The van der Waals surface area contributed by atoms with Crippen molar-refractivity contribution in [3.8, 4) is 5.75 Å². The van der Waals surface area contributed by atoms with Gasteiger partial charge in [-0.3, -0.25) is 9.78 Å². The van der Waals surface area contributed by atoms with Gasteiger partial charge in [0, 0.05) is 16.9 Å². The number of rotatable bonds is 7. The molecule has 4 nitrogen and oxygen atoms in total. The standard InChI is InChI=1S/C17H21BrN2O2/c1-11-6-8-20-16-14(11)9-12(22-2)10-15(16)13(17(19)21)5-3-4-7-18/h6,8-10,13H,3-5,7H2,1-2H3,(H2,19,21). The van der Waals surface area contributed by atoms with E-state index in [4.69, 9.17) is 10.5 Å². The van der Waals surface area contributed by atoms with Crippen LogP contribution in [0.25, 0.3) is 10.9 Å². The number of amides is 1. The predicted octanol–water partition coefficient (Wildman–Crippen LogP) is 3.69. The quantitative estimate of drug-likeness (QED) is 0.601. The van der Waals surface area contributed by atoms with Gasteiger partial charge in [-0.15, -0.1) is 0 Å². The van der Waals surface area contributed by atoms with E-state index in [1.54, 1.807) is 13.3 Å². The molecule has 0 bridgehead atoms. The smallest absolute Gasteiger partial charge is 0.225 e. The second-order valence-corrected chi connectivity index (χ2v) is 6.17. The number of carbonyl (C=O) groups excluding carboxylic acids is 1. The minimum absolute atomic E-state index is 0.313. The fraction of sp³-hybridized carbons (Fsp3) is 0.412. The van der Waals surface area contributed by atoms with Crippen molar-refractivity contribution in [1.29, 1.82) is 0 Å². The van der Waals surface area contributed by atoms with Gasteiger partial charge < -0.3 is 10.5 Å². The van der Waals surface area contributed by atoms with Gasteiger partial charge in [0.05, 0.1) is 18.5 Å².